The Kier molecular flexibility index (Phi) is 6.67. The number of rotatable bonds is 6. The van der Waals surface area contributed by atoms with Crippen LogP contribution in [0.4, 0.5) is 9.52 Å². The summed E-state index contributed by atoms with van der Waals surface area (Å²) in [5, 5.41) is 14.9. The zero-order valence-corrected chi connectivity index (χ0v) is 23.9. The van der Waals surface area contributed by atoms with Gasteiger partial charge in [0.05, 0.1) is 20.3 Å². The van der Waals surface area contributed by atoms with Gasteiger partial charge in [0.1, 0.15) is 22.9 Å². The van der Waals surface area contributed by atoms with Crippen LogP contribution in [0.2, 0.25) is 10.0 Å². The van der Waals surface area contributed by atoms with Crippen LogP contribution < -0.4 is 4.90 Å². The average Bonchev–Trinajstić information content (AvgIpc) is 3.57. The van der Waals surface area contributed by atoms with E-state index in [1.165, 1.54) is 17.4 Å². The summed E-state index contributed by atoms with van der Waals surface area (Å²) >= 11 is 14.2. The lowest BCUT2D eigenvalue weighted by Gasteiger charge is -2.38. The quantitative estimate of drug-likeness (QED) is 0.220. The molecule has 2 bridgehead atoms. The maximum Gasteiger partial charge on any atom is 0.344 e. The van der Waals surface area contributed by atoms with Gasteiger partial charge in [-0.2, -0.15) is 0 Å². The van der Waals surface area contributed by atoms with E-state index in [0.29, 0.717) is 49.7 Å². The summed E-state index contributed by atoms with van der Waals surface area (Å²) in [5.41, 5.74) is 1.09. The molecule has 7 rings (SSSR count). The summed E-state index contributed by atoms with van der Waals surface area (Å²) in [6.45, 7) is 0. The Labute approximate surface area is 248 Å². The van der Waals surface area contributed by atoms with Crippen molar-refractivity contribution >= 4 is 61.8 Å². The smallest absolute Gasteiger partial charge is 0.344 e. The van der Waals surface area contributed by atoms with Gasteiger partial charge in [-0.3, -0.25) is 0 Å². The Morgan fingerprint density at radius 3 is 2.44 bits per heavy atom. The van der Waals surface area contributed by atoms with E-state index in [-0.39, 0.29) is 40.7 Å². The van der Waals surface area contributed by atoms with E-state index in [4.69, 9.17) is 32.5 Å². The Morgan fingerprint density at radius 2 is 1.80 bits per heavy atom. The third-order valence-electron chi connectivity index (χ3n) is 8.47. The molecule has 1 aliphatic carbocycles. The lowest BCUT2D eigenvalue weighted by molar-refractivity contribution is 0.0200. The maximum absolute atomic E-state index is 14.6. The molecule has 4 aromatic rings. The zero-order chi connectivity index (χ0) is 28.4. The molecule has 3 atom stereocenters. The first-order valence-electron chi connectivity index (χ1n) is 13.5. The second-order valence-electron chi connectivity index (χ2n) is 10.9. The van der Waals surface area contributed by atoms with E-state index in [1.54, 1.807) is 18.2 Å². The number of esters is 1. The largest absolute Gasteiger partial charge is 0.478 e. The number of ether oxygens (including phenoxy) is 1. The van der Waals surface area contributed by atoms with Crippen molar-refractivity contribution in [1.82, 2.24) is 10.1 Å². The molecule has 0 amide bonds. The number of piperidine rings is 1. The number of aromatic carboxylic acids is 1. The molecule has 1 saturated carbocycles. The molecule has 3 fully saturated rings. The Hall–Kier alpha value is -3.21. The normalized spacial score (nSPS) is 22.2. The van der Waals surface area contributed by atoms with Crippen LogP contribution in [0, 0.1) is 5.82 Å². The molecule has 0 spiro atoms. The lowest BCUT2D eigenvalue weighted by Crippen LogP contribution is -2.46. The number of fused-ring (bicyclic) bond motifs is 3. The fourth-order valence-corrected chi connectivity index (χ4v) is 8.04. The van der Waals surface area contributed by atoms with E-state index in [9.17, 15) is 19.1 Å². The van der Waals surface area contributed by atoms with Crippen molar-refractivity contribution in [3.05, 3.63) is 63.1 Å². The third kappa shape index (κ3) is 4.56. The molecule has 12 heteroatoms. The standard InChI is InChI=1S/C29H24Cl2FN3O5S/c30-18-5-2-6-19(31)22(18)25-23(26(40-34-25)13-3-1-4-13)28(38)39-17-11-15-7-8-16(12-17)35(15)29-33-24-20(32)9-14(27(36)37)10-21(24)41-29/h2,5-6,9-10,13,15-17H,1,3-4,7-8,11-12H2,(H,36,37)/t15-,16+,17-. The minimum atomic E-state index is -1.18. The van der Waals surface area contributed by atoms with Gasteiger partial charge in [-0.15, -0.1) is 0 Å². The van der Waals surface area contributed by atoms with E-state index in [0.717, 1.165) is 38.2 Å². The number of halogens is 3. The molecule has 212 valence electrons. The third-order valence-corrected chi connectivity index (χ3v) is 10.1. The average molecular weight is 616 g/mol. The molecule has 0 unspecified atom stereocenters. The molecule has 3 aliphatic rings. The van der Waals surface area contributed by atoms with Crippen molar-refractivity contribution in [2.24, 2.45) is 0 Å². The van der Waals surface area contributed by atoms with Crippen LogP contribution >= 0.6 is 34.5 Å². The minimum absolute atomic E-state index is 0.0557. The van der Waals surface area contributed by atoms with Gasteiger partial charge in [-0.1, -0.05) is 52.2 Å². The highest BCUT2D eigenvalue weighted by Crippen LogP contribution is 2.46. The molecular weight excluding hydrogens is 592 g/mol. The van der Waals surface area contributed by atoms with Crippen molar-refractivity contribution in [2.75, 3.05) is 4.90 Å². The molecule has 2 aromatic carbocycles. The zero-order valence-electron chi connectivity index (χ0n) is 21.6. The molecule has 2 saturated heterocycles. The summed E-state index contributed by atoms with van der Waals surface area (Å²) in [6.07, 6.45) is 5.49. The maximum atomic E-state index is 14.6. The van der Waals surface area contributed by atoms with Crippen LogP contribution in [0.3, 0.4) is 0 Å². The highest BCUT2D eigenvalue weighted by atomic mass is 35.5. The highest BCUT2D eigenvalue weighted by molar-refractivity contribution is 7.22. The van der Waals surface area contributed by atoms with Gasteiger partial charge in [0.25, 0.3) is 0 Å². The van der Waals surface area contributed by atoms with Crippen LogP contribution in [0.25, 0.3) is 21.5 Å². The lowest BCUT2D eigenvalue weighted by atomic mass is 9.81. The Balaban J connectivity index is 1.14. The summed E-state index contributed by atoms with van der Waals surface area (Å²) < 4.78 is 27.0. The predicted octanol–water partition coefficient (Wildman–Crippen LogP) is 7.72. The van der Waals surface area contributed by atoms with Crippen LogP contribution in [0.5, 0.6) is 0 Å². The number of carboxylic acids is 1. The van der Waals surface area contributed by atoms with Gasteiger partial charge in [-0.05, 0) is 49.9 Å². The topological polar surface area (TPSA) is 106 Å². The second kappa shape index (κ2) is 10.3. The number of aromatic nitrogens is 2. The monoisotopic (exact) mass is 615 g/mol. The number of carbonyl (C=O) groups excluding carboxylic acids is 1. The van der Waals surface area contributed by atoms with Gasteiger partial charge in [0, 0.05) is 36.4 Å². The highest BCUT2D eigenvalue weighted by Gasteiger charge is 2.44. The summed E-state index contributed by atoms with van der Waals surface area (Å²) in [6, 6.07) is 7.69. The van der Waals surface area contributed by atoms with Gasteiger partial charge in [0.2, 0.25) is 0 Å². The summed E-state index contributed by atoms with van der Waals surface area (Å²) in [5.74, 6) is -1.72. The van der Waals surface area contributed by atoms with Crippen LogP contribution in [0.1, 0.15) is 77.3 Å². The van der Waals surface area contributed by atoms with E-state index in [2.05, 4.69) is 15.0 Å². The van der Waals surface area contributed by atoms with Crippen LogP contribution in [-0.4, -0.2) is 45.4 Å². The molecule has 8 nitrogen and oxygen atoms in total. The van der Waals surface area contributed by atoms with Gasteiger partial charge < -0.3 is 19.3 Å². The fourth-order valence-electron chi connectivity index (χ4n) is 6.30. The fraction of sp³-hybridized carbons (Fsp3) is 0.379. The van der Waals surface area contributed by atoms with Crippen molar-refractivity contribution in [2.45, 2.75) is 69.1 Å². The first-order valence-corrected chi connectivity index (χ1v) is 15.1. The number of carboxylic acid groups (broad SMARTS) is 1. The van der Waals surface area contributed by atoms with Gasteiger partial charge >= 0.3 is 11.9 Å². The number of benzene rings is 2. The van der Waals surface area contributed by atoms with Crippen molar-refractivity contribution in [3.63, 3.8) is 0 Å². The second-order valence-corrected chi connectivity index (χ2v) is 12.7. The van der Waals surface area contributed by atoms with Gasteiger partial charge in [0.15, 0.2) is 16.7 Å². The molecule has 4 heterocycles. The predicted molar refractivity (Wildman–Crippen MR) is 153 cm³/mol. The van der Waals surface area contributed by atoms with Crippen LogP contribution in [-0.2, 0) is 4.74 Å². The Bertz CT molecular complexity index is 1670. The summed E-state index contributed by atoms with van der Waals surface area (Å²) in [4.78, 5) is 31.9. The summed E-state index contributed by atoms with van der Waals surface area (Å²) in [7, 11) is 0. The number of anilines is 1. The van der Waals surface area contributed by atoms with E-state index >= 15 is 0 Å². The molecule has 2 aromatic heterocycles. The molecular formula is C29H24Cl2FN3O5S. The number of carbonyl (C=O) groups is 2. The number of thiazole rings is 1. The van der Waals surface area contributed by atoms with E-state index in [1.807, 2.05) is 0 Å². The minimum Gasteiger partial charge on any atom is -0.478 e. The first-order chi connectivity index (χ1) is 19.8. The molecule has 2 aliphatic heterocycles. The van der Waals surface area contributed by atoms with Crippen molar-refractivity contribution in [3.8, 4) is 11.3 Å². The first kappa shape index (κ1) is 26.7. The van der Waals surface area contributed by atoms with E-state index < -0.39 is 17.8 Å². The van der Waals surface area contributed by atoms with Gasteiger partial charge in [-0.25, -0.2) is 19.0 Å². The number of nitrogens with zero attached hydrogens (tertiary/aromatic N) is 3. The molecule has 1 N–H and O–H groups in total. The van der Waals surface area contributed by atoms with Crippen molar-refractivity contribution in [1.29, 1.82) is 0 Å². The van der Waals surface area contributed by atoms with Crippen molar-refractivity contribution < 1.29 is 28.3 Å². The Morgan fingerprint density at radius 1 is 1.10 bits per heavy atom. The van der Waals surface area contributed by atoms with Crippen LogP contribution in [0.15, 0.2) is 34.9 Å². The number of hydrogen-bond donors (Lipinski definition) is 1. The SMILES string of the molecule is O=C(O)c1cc(F)c2nc(N3[C@@H]4CC[C@H]3C[C@H](OC(=O)c3c(-c5c(Cl)cccc5Cl)noc3C3CCC3)C4)sc2c1. The number of hydrogen-bond acceptors (Lipinski definition) is 8. The molecule has 41 heavy (non-hydrogen) atoms. The molecule has 0 radical (unpaired) electrons.